The van der Waals surface area contributed by atoms with Crippen molar-refractivity contribution in [2.24, 2.45) is 0 Å². The summed E-state index contributed by atoms with van der Waals surface area (Å²) in [5.41, 5.74) is 0.943. The summed E-state index contributed by atoms with van der Waals surface area (Å²) in [4.78, 5) is 1.81. The molecule has 0 radical (unpaired) electrons. The fourth-order valence-electron chi connectivity index (χ4n) is 1.33. The van der Waals surface area contributed by atoms with E-state index in [1.165, 1.54) is 11.8 Å². The molecule has 1 aromatic carbocycles. The maximum atomic E-state index is 7.69. The number of hydrogen-bond donors (Lipinski definition) is 2. The van der Waals surface area contributed by atoms with E-state index in [1.807, 2.05) is 29.2 Å². The van der Waals surface area contributed by atoms with E-state index in [0.717, 1.165) is 22.5 Å². The Kier molecular flexibility index (Phi) is 3.83. The minimum absolute atomic E-state index is 0.523. The molecule has 1 aliphatic rings. The zero-order chi connectivity index (χ0) is 11.5. The molecule has 2 N–H and O–H groups in total. The SMILES string of the molecule is N=C1SCCN1C(=S)Nc1ccc(Br)cc1. The van der Waals surface area contributed by atoms with Crippen molar-refractivity contribution in [2.75, 3.05) is 17.6 Å². The van der Waals surface area contributed by atoms with Crippen LogP contribution in [0.3, 0.4) is 0 Å². The average molecular weight is 316 g/mol. The van der Waals surface area contributed by atoms with E-state index in [0.29, 0.717) is 10.3 Å². The Hall–Kier alpha value is -0.590. The third kappa shape index (κ3) is 2.75. The summed E-state index contributed by atoms with van der Waals surface area (Å²) < 4.78 is 1.04. The second kappa shape index (κ2) is 5.16. The number of rotatable bonds is 1. The average Bonchev–Trinajstić information content (AvgIpc) is 2.68. The lowest BCUT2D eigenvalue weighted by Crippen LogP contribution is -2.34. The van der Waals surface area contributed by atoms with Gasteiger partial charge in [0.25, 0.3) is 0 Å². The molecule has 0 aliphatic carbocycles. The molecule has 16 heavy (non-hydrogen) atoms. The number of thioether (sulfide) groups is 1. The highest BCUT2D eigenvalue weighted by Gasteiger charge is 2.21. The van der Waals surface area contributed by atoms with Gasteiger partial charge in [-0.2, -0.15) is 0 Å². The van der Waals surface area contributed by atoms with Crippen LogP contribution >= 0.6 is 39.9 Å². The fraction of sp³-hybridized carbons (Fsp3) is 0.200. The normalized spacial score (nSPS) is 15.3. The third-order valence-corrected chi connectivity index (χ3v) is 3.87. The van der Waals surface area contributed by atoms with Gasteiger partial charge in [-0.1, -0.05) is 27.7 Å². The van der Waals surface area contributed by atoms with Gasteiger partial charge in [0.05, 0.1) is 0 Å². The summed E-state index contributed by atoms with van der Waals surface area (Å²) in [5.74, 6) is 0.932. The molecule has 1 saturated heterocycles. The number of benzene rings is 1. The zero-order valence-corrected chi connectivity index (χ0v) is 11.6. The molecule has 0 atom stereocenters. The predicted octanol–water partition coefficient (Wildman–Crippen LogP) is 3.13. The van der Waals surface area contributed by atoms with Crippen LogP contribution in [-0.2, 0) is 0 Å². The number of thiocarbonyl (C=S) groups is 1. The molecule has 1 aromatic rings. The zero-order valence-electron chi connectivity index (χ0n) is 8.37. The summed E-state index contributed by atoms with van der Waals surface area (Å²) >= 11 is 10.2. The van der Waals surface area contributed by atoms with Crippen LogP contribution in [0.4, 0.5) is 5.69 Å². The topological polar surface area (TPSA) is 39.1 Å². The van der Waals surface area contributed by atoms with Crippen molar-refractivity contribution in [3.8, 4) is 0 Å². The Balaban J connectivity index is 2.02. The summed E-state index contributed by atoms with van der Waals surface area (Å²) in [6, 6.07) is 7.80. The van der Waals surface area contributed by atoms with Gasteiger partial charge in [-0.25, -0.2) is 0 Å². The molecular weight excluding hydrogens is 306 g/mol. The molecule has 84 valence electrons. The molecule has 3 nitrogen and oxygen atoms in total. The molecular formula is C10H10BrN3S2. The smallest absolute Gasteiger partial charge is 0.179 e. The van der Waals surface area contributed by atoms with E-state index >= 15 is 0 Å². The van der Waals surface area contributed by atoms with Gasteiger partial charge in [0.1, 0.15) is 0 Å². The number of halogens is 1. The van der Waals surface area contributed by atoms with Gasteiger partial charge in [0.15, 0.2) is 10.3 Å². The molecule has 1 fully saturated rings. The van der Waals surface area contributed by atoms with Crippen molar-refractivity contribution in [2.45, 2.75) is 0 Å². The van der Waals surface area contributed by atoms with E-state index in [1.54, 1.807) is 0 Å². The van der Waals surface area contributed by atoms with Crippen LogP contribution in [0, 0.1) is 5.41 Å². The van der Waals surface area contributed by atoms with Crippen LogP contribution in [-0.4, -0.2) is 27.5 Å². The first kappa shape index (κ1) is 11.9. The van der Waals surface area contributed by atoms with E-state index in [4.69, 9.17) is 17.6 Å². The molecule has 0 spiro atoms. The first-order valence-electron chi connectivity index (χ1n) is 4.72. The molecule has 0 saturated carbocycles. The van der Waals surface area contributed by atoms with E-state index in [-0.39, 0.29) is 0 Å². The number of nitrogens with zero attached hydrogens (tertiary/aromatic N) is 1. The number of nitrogens with one attached hydrogen (secondary N) is 2. The lowest BCUT2D eigenvalue weighted by molar-refractivity contribution is 0.683. The Morgan fingerprint density at radius 2 is 2.12 bits per heavy atom. The third-order valence-electron chi connectivity index (χ3n) is 2.14. The molecule has 1 aliphatic heterocycles. The van der Waals surface area contributed by atoms with E-state index < -0.39 is 0 Å². The second-order valence-electron chi connectivity index (χ2n) is 3.24. The van der Waals surface area contributed by atoms with Gasteiger partial charge in [-0.15, -0.1) is 0 Å². The predicted molar refractivity (Wildman–Crippen MR) is 77.3 cm³/mol. The summed E-state index contributed by atoms with van der Waals surface area (Å²) in [5, 5.41) is 11.9. The summed E-state index contributed by atoms with van der Waals surface area (Å²) in [6.45, 7) is 0.811. The van der Waals surface area contributed by atoms with Gasteiger partial charge in [-0.3, -0.25) is 10.3 Å². The molecule has 0 unspecified atom stereocenters. The van der Waals surface area contributed by atoms with Crippen LogP contribution in [0.2, 0.25) is 0 Å². The molecule has 0 amide bonds. The summed E-state index contributed by atoms with van der Waals surface area (Å²) in [7, 11) is 0. The Bertz CT molecular complexity index is 419. The molecule has 0 aromatic heterocycles. The monoisotopic (exact) mass is 315 g/mol. The maximum Gasteiger partial charge on any atom is 0.179 e. The highest BCUT2D eigenvalue weighted by molar-refractivity contribution is 9.10. The Morgan fingerprint density at radius 3 is 2.69 bits per heavy atom. The van der Waals surface area contributed by atoms with Crippen molar-refractivity contribution in [3.05, 3.63) is 28.7 Å². The van der Waals surface area contributed by atoms with Crippen LogP contribution in [0.15, 0.2) is 28.7 Å². The van der Waals surface area contributed by atoms with Crippen LogP contribution in [0.5, 0.6) is 0 Å². The first-order chi connectivity index (χ1) is 7.66. The van der Waals surface area contributed by atoms with Gasteiger partial charge in [-0.05, 0) is 36.5 Å². The van der Waals surface area contributed by atoms with Gasteiger partial charge in [0.2, 0.25) is 0 Å². The van der Waals surface area contributed by atoms with Gasteiger partial charge < -0.3 is 5.32 Å². The standard InChI is InChI=1S/C10H10BrN3S2/c11-7-1-3-8(4-2-7)13-10(15)14-5-6-16-9(14)12/h1-4,12H,5-6H2,(H,13,15). The molecule has 6 heteroatoms. The van der Waals surface area contributed by atoms with Crippen LogP contribution in [0.1, 0.15) is 0 Å². The lowest BCUT2D eigenvalue weighted by Gasteiger charge is -2.18. The Morgan fingerprint density at radius 1 is 1.44 bits per heavy atom. The number of hydrogen-bond acceptors (Lipinski definition) is 3. The van der Waals surface area contributed by atoms with Crippen molar-refractivity contribution >= 4 is 55.9 Å². The molecule has 0 bridgehead atoms. The second-order valence-corrected chi connectivity index (χ2v) is 5.63. The maximum absolute atomic E-state index is 7.69. The quantitative estimate of drug-likeness (QED) is 0.781. The van der Waals surface area contributed by atoms with E-state index in [9.17, 15) is 0 Å². The highest BCUT2D eigenvalue weighted by Crippen LogP contribution is 2.19. The molecule has 2 rings (SSSR count). The highest BCUT2D eigenvalue weighted by atomic mass is 79.9. The number of amidine groups is 1. The van der Waals surface area contributed by atoms with Gasteiger partial charge in [0, 0.05) is 22.5 Å². The first-order valence-corrected chi connectivity index (χ1v) is 6.91. The van der Waals surface area contributed by atoms with Crippen molar-refractivity contribution in [1.29, 1.82) is 5.41 Å². The largest absolute Gasteiger partial charge is 0.332 e. The summed E-state index contributed by atoms with van der Waals surface area (Å²) in [6.07, 6.45) is 0. The Labute approximate surface area is 112 Å². The lowest BCUT2D eigenvalue weighted by atomic mass is 10.3. The fourth-order valence-corrected chi connectivity index (χ4v) is 2.76. The molecule has 1 heterocycles. The van der Waals surface area contributed by atoms with Crippen molar-refractivity contribution in [3.63, 3.8) is 0 Å². The minimum Gasteiger partial charge on any atom is -0.332 e. The van der Waals surface area contributed by atoms with E-state index in [2.05, 4.69) is 21.2 Å². The van der Waals surface area contributed by atoms with Crippen LogP contribution < -0.4 is 5.32 Å². The number of anilines is 1. The van der Waals surface area contributed by atoms with Crippen LogP contribution in [0.25, 0.3) is 0 Å². The van der Waals surface area contributed by atoms with Crippen molar-refractivity contribution in [1.82, 2.24) is 4.90 Å². The van der Waals surface area contributed by atoms with Gasteiger partial charge >= 0.3 is 0 Å². The minimum atomic E-state index is 0.523. The van der Waals surface area contributed by atoms with Crippen molar-refractivity contribution < 1.29 is 0 Å².